The molecule has 5 heteroatoms. The van der Waals surface area contributed by atoms with Gasteiger partial charge < -0.3 is 20.1 Å². The van der Waals surface area contributed by atoms with E-state index >= 15 is 0 Å². The Morgan fingerprint density at radius 1 is 1.50 bits per heavy atom. The second kappa shape index (κ2) is 9.57. The van der Waals surface area contributed by atoms with E-state index in [-0.39, 0.29) is 12.1 Å². The number of carbonyl (C=O) groups excluding carboxylic acids is 1. The molecule has 0 bridgehead atoms. The third kappa shape index (κ3) is 9.89. The first-order chi connectivity index (χ1) is 7.56. The number of rotatable bonds is 9. The van der Waals surface area contributed by atoms with E-state index in [0.717, 1.165) is 13.0 Å². The smallest absolute Gasteiger partial charge is 0.305 e. The first-order valence-electron chi connectivity index (χ1n) is 5.75. The normalized spacial score (nSPS) is 12.8. The topological polar surface area (TPSA) is 61.8 Å². The maximum absolute atomic E-state index is 11.0. The molecule has 0 aromatic carbocycles. The van der Waals surface area contributed by atoms with Crippen molar-refractivity contribution in [2.24, 2.45) is 0 Å². The van der Waals surface area contributed by atoms with Crippen molar-refractivity contribution in [2.45, 2.75) is 25.9 Å². The first kappa shape index (κ1) is 15.3. The van der Waals surface area contributed by atoms with Crippen LogP contribution in [0.25, 0.3) is 0 Å². The maximum Gasteiger partial charge on any atom is 0.305 e. The number of esters is 1. The summed E-state index contributed by atoms with van der Waals surface area (Å²) in [5, 5.41) is 12.6. The van der Waals surface area contributed by atoms with Gasteiger partial charge in [0.2, 0.25) is 0 Å². The summed E-state index contributed by atoms with van der Waals surface area (Å²) in [5.74, 6) is -0.155. The molecule has 0 aromatic rings. The minimum absolute atomic E-state index is 0.155. The van der Waals surface area contributed by atoms with E-state index in [1.54, 1.807) is 6.92 Å². The molecule has 5 nitrogen and oxygen atoms in total. The van der Waals surface area contributed by atoms with Gasteiger partial charge in [-0.05, 0) is 34.0 Å². The molecule has 0 fully saturated rings. The standard InChI is InChI=1S/C11H24N2O3/c1-4-16-11(15)6-5-7-12-8-10(14)9-13(2)3/h10,12,14H,4-9H2,1-3H3. The van der Waals surface area contributed by atoms with Gasteiger partial charge in [0, 0.05) is 19.5 Å². The maximum atomic E-state index is 11.0. The summed E-state index contributed by atoms with van der Waals surface area (Å²) in [6.07, 6.45) is 0.815. The zero-order chi connectivity index (χ0) is 12.4. The lowest BCUT2D eigenvalue weighted by atomic mass is 10.3. The number of nitrogens with one attached hydrogen (secondary N) is 1. The van der Waals surface area contributed by atoms with Gasteiger partial charge in [-0.25, -0.2) is 0 Å². The fraction of sp³-hybridized carbons (Fsp3) is 0.909. The molecular weight excluding hydrogens is 208 g/mol. The van der Waals surface area contributed by atoms with Crippen molar-refractivity contribution < 1.29 is 14.6 Å². The van der Waals surface area contributed by atoms with Crippen molar-refractivity contribution in [2.75, 3.05) is 40.3 Å². The van der Waals surface area contributed by atoms with Crippen molar-refractivity contribution >= 4 is 5.97 Å². The van der Waals surface area contributed by atoms with Gasteiger partial charge >= 0.3 is 5.97 Å². The molecule has 0 spiro atoms. The van der Waals surface area contributed by atoms with Gasteiger partial charge in [-0.1, -0.05) is 0 Å². The van der Waals surface area contributed by atoms with E-state index in [9.17, 15) is 9.90 Å². The number of carbonyl (C=O) groups is 1. The van der Waals surface area contributed by atoms with Crippen LogP contribution in [0.1, 0.15) is 19.8 Å². The molecule has 0 amide bonds. The molecule has 0 aromatic heterocycles. The summed E-state index contributed by atoms with van der Waals surface area (Å²) in [4.78, 5) is 12.9. The summed E-state index contributed by atoms with van der Waals surface area (Å²) in [6.45, 7) is 4.16. The van der Waals surface area contributed by atoms with Crippen LogP contribution in [0.15, 0.2) is 0 Å². The zero-order valence-corrected chi connectivity index (χ0v) is 10.5. The molecule has 0 aliphatic carbocycles. The predicted octanol–water partition coefficient (Wildman–Crippen LogP) is -0.158. The molecule has 0 saturated carbocycles. The Bertz CT molecular complexity index is 186. The second-order valence-corrected chi connectivity index (χ2v) is 4.03. The SMILES string of the molecule is CCOC(=O)CCCNCC(O)CN(C)C. The minimum Gasteiger partial charge on any atom is -0.466 e. The highest BCUT2D eigenvalue weighted by Crippen LogP contribution is 1.91. The Morgan fingerprint density at radius 2 is 2.19 bits per heavy atom. The Morgan fingerprint density at radius 3 is 2.75 bits per heavy atom. The minimum atomic E-state index is -0.363. The number of aliphatic hydroxyl groups is 1. The first-order valence-corrected chi connectivity index (χ1v) is 5.75. The predicted molar refractivity (Wildman–Crippen MR) is 63.3 cm³/mol. The van der Waals surface area contributed by atoms with Gasteiger partial charge in [-0.3, -0.25) is 4.79 Å². The van der Waals surface area contributed by atoms with Gasteiger partial charge in [0.05, 0.1) is 12.7 Å². The number of likely N-dealkylation sites (N-methyl/N-ethyl adjacent to an activating group) is 1. The lowest BCUT2D eigenvalue weighted by Crippen LogP contribution is -2.35. The summed E-state index contributed by atoms with van der Waals surface area (Å²) >= 11 is 0. The highest BCUT2D eigenvalue weighted by atomic mass is 16.5. The van der Waals surface area contributed by atoms with Crippen LogP contribution in [0, 0.1) is 0 Å². The van der Waals surface area contributed by atoms with Crippen molar-refractivity contribution in [3.8, 4) is 0 Å². The molecule has 0 aliphatic heterocycles. The van der Waals surface area contributed by atoms with Crippen molar-refractivity contribution in [1.82, 2.24) is 10.2 Å². The van der Waals surface area contributed by atoms with E-state index in [2.05, 4.69) is 5.32 Å². The molecule has 2 N–H and O–H groups in total. The van der Waals surface area contributed by atoms with Gasteiger partial charge in [-0.15, -0.1) is 0 Å². The third-order valence-corrected chi connectivity index (χ3v) is 2.00. The molecule has 16 heavy (non-hydrogen) atoms. The van der Waals surface area contributed by atoms with Crippen molar-refractivity contribution in [1.29, 1.82) is 0 Å². The van der Waals surface area contributed by atoms with Crippen molar-refractivity contribution in [3.63, 3.8) is 0 Å². The molecule has 0 rings (SSSR count). The molecule has 1 atom stereocenters. The Kier molecular flexibility index (Phi) is 9.18. The van der Waals surface area contributed by atoms with Crippen molar-refractivity contribution in [3.05, 3.63) is 0 Å². The second-order valence-electron chi connectivity index (χ2n) is 4.03. The number of hydrogen-bond donors (Lipinski definition) is 2. The van der Waals surface area contributed by atoms with E-state index in [1.807, 2.05) is 19.0 Å². The van der Waals surface area contributed by atoms with Gasteiger partial charge in [0.15, 0.2) is 0 Å². The number of hydrogen-bond acceptors (Lipinski definition) is 5. The summed E-state index contributed by atoms with van der Waals surface area (Å²) in [7, 11) is 3.84. The number of ether oxygens (including phenoxy) is 1. The quantitative estimate of drug-likeness (QED) is 0.427. The Balaban J connectivity index is 3.29. The van der Waals surface area contributed by atoms with Crippen LogP contribution in [-0.2, 0) is 9.53 Å². The van der Waals surface area contributed by atoms with E-state index in [0.29, 0.717) is 26.1 Å². The average Bonchev–Trinajstić information content (AvgIpc) is 2.16. The van der Waals surface area contributed by atoms with Crippen LogP contribution < -0.4 is 5.32 Å². The van der Waals surface area contributed by atoms with E-state index < -0.39 is 0 Å². The fourth-order valence-electron chi connectivity index (χ4n) is 1.35. The summed E-state index contributed by atoms with van der Waals surface area (Å²) in [6, 6.07) is 0. The van der Waals surface area contributed by atoms with Gasteiger partial charge in [0.1, 0.15) is 0 Å². The molecule has 96 valence electrons. The lowest BCUT2D eigenvalue weighted by Gasteiger charge is -2.16. The fourth-order valence-corrected chi connectivity index (χ4v) is 1.35. The molecule has 0 saturated heterocycles. The van der Waals surface area contributed by atoms with Crippen LogP contribution in [0.4, 0.5) is 0 Å². The summed E-state index contributed by atoms with van der Waals surface area (Å²) in [5.41, 5.74) is 0. The molecule has 1 unspecified atom stereocenters. The van der Waals surface area contributed by atoms with E-state index in [1.165, 1.54) is 0 Å². The molecular formula is C11H24N2O3. The monoisotopic (exact) mass is 232 g/mol. The van der Waals surface area contributed by atoms with Crippen LogP contribution in [0.5, 0.6) is 0 Å². The zero-order valence-electron chi connectivity index (χ0n) is 10.5. The molecule has 0 aliphatic rings. The number of aliphatic hydroxyl groups excluding tert-OH is 1. The summed E-state index contributed by atoms with van der Waals surface area (Å²) < 4.78 is 4.80. The molecule has 0 radical (unpaired) electrons. The lowest BCUT2D eigenvalue weighted by molar-refractivity contribution is -0.143. The van der Waals surface area contributed by atoms with Crippen LogP contribution in [0.3, 0.4) is 0 Å². The molecule has 0 heterocycles. The Hall–Kier alpha value is -0.650. The van der Waals surface area contributed by atoms with Gasteiger partial charge in [0.25, 0.3) is 0 Å². The number of nitrogens with zero attached hydrogens (tertiary/aromatic N) is 1. The van der Waals surface area contributed by atoms with Crippen LogP contribution >= 0.6 is 0 Å². The van der Waals surface area contributed by atoms with Gasteiger partial charge in [-0.2, -0.15) is 0 Å². The van der Waals surface area contributed by atoms with Crippen LogP contribution in [-0.4, -0.2) is 62.4 Å². The van der Waals surface area contributed by atoms with E-state index in [4.69, 9.17) is 4.74 Å². The Labute approximate surface area is 97.8 Å². The van der Waals surface area contributed by atoms with Crippen LogP contribution in [0.2, 0.25) is 0 Å². The largest absolute Gasteiger partial charge is 0.466 e. The third-order valence-electron chi connectivity index (χ3n) is 2.00. The average molecular weight is 232 g/mol. The highest BCUT2D eigenvalue weighted by Gasteiger charge is 2.05. The highest BCUT2D eigenvalue weighted by molar-refractivity contribution is 5.69.